The Bertz CT molecular complexity index is 681. The summed E-state index contributed by atoms with van der Waals surface area (Å²) < 4.78 is 3.12. The third kappa shape index (κ3) is 2.67. The van der Waals surface area contributed by atoms with E-state index in [1.54, 1.807) is 13.8 Å². The molecular weight excluding hydrogens is 268 g/mol. The van der Waals surface area contributed by atoms with E-state index in [9.17, 15) is 14.4 Å². The van der Waals surface area contributed by atoms with E-state index in [2.05, 4.69) is 5.43 Å². The van der Waals surface area contributed by atoms with E-state index in [0.29, 0.717) is 6.42 Å². The summed E-state index contributed by atoms with van der Waals surface area (Å²) in [6.45, 7) is 6.69. The predicted octanol–water partition coefficient (Wildman–Crippen LogP) is 0.313. The molecule has 0 aliphatic heterocycles. The summed E-state index contributed by atoms with van der Waals surface area (Å²) in [5.41, 5.74) is 0.515. The van der Waals surface area contributed by atoms with Crippen molar-refractivity contribution in [2.45, 2.75) is 39.7 Å². The molecule has 0 bridgehead atoms. The predicted molar refractivity (Wildman–Crippen MR) is 74.4 cm³/mol. The summed E-state index contributed by atoms with van der Waals surface area (Å²) in [7, 11) is 1.46. The highest BCUT2D eigenvalue weighted by molar-refractivity contribution is 7.71. The molecule has 0 aliphatic rings. The van der Waals surface area contributed by atoms with Gasteiger partial charge in [0.1, 0.15) is 0 Å². The second kappa shape index (κ2) is 5.12. The van der Waals surface area contributed by atoms with Crippen molar-refractivity contribution >= 4 is 18.1 Å². The fourth-order valence-electron chi connectivity index (χ4n) is 1.57. The average molecular weight is 286 g/mol. The summed E-state index contributed by atoms with van der Waals surface area (Å²) >= 11 is 5.00. The van der Waals surface area contributed by atoms with Crippen LogP contribution in [0.3, 0.4) is 0 Å². The lowest BCUT2D eigenvalue weighted by Crippen LogP contribution is -2.54. The molecule has 8 heteroatoms. The Kier molecular flexibility index (Phi) is 4.14. The molecular formula is C11H18N4O3S. The maximum atomic E-state index is 12.3. The SMILES string of the molecule is CCC(C)(C)n1c(=O)n(C)c(=S)n(NC(C)=O)c1=O. The molecule has 0 radical (unpaired) electrons. The molecule has 0 spiro atoms. The first kappa shape index (κ1) is 15.4. The van der Waals surface area contributed by atoms with E-state index in [4.69, 9.17) is 12.2 Å². The van der Waals surface area contributed by atoms with Crippen LogP contribution in [0.2, 0.25) is 0 Å². The van der Waals surface area contributed by atoms with Crippen LogP contribution in [0, 0.1) is 4.77 Å². The second-order valence-corrected chi connectivity index (χ2v) is 5.28. The Labute approximate surface area is 115 Å². The Morgan fingerprint density at radius 2 is 1.84 bits per heavy atom. The van der Waals surface area contributed by atoms with Gasteiger partial charge in [-0.25, -0.2) is 14.2 Å². The summed E-state index contributed by atoms with van der Waals surface area (Å²) in [5.74, 6) is -0.437. The number of amides is 1. The van der Waals surface area contributed by atoms with Crippen LogP contribution < -0.4 is 16.8 Å². The minimum atomic E-state index is -0.671. The van der Waals surface area contributed by atoms with Gasteiger partial charge in [-0.15, -0.1) is 0 Å². The molecule has 0 aromatic carbocycles. The van der Waals surface area contributed by atoms with E-state index < -0.39 is 22.8 Å². The van der Waals surface area contributed by atoms with Crippen molar-refractivity contribution < 1.29 is 4.79 Å². The molecule has 0 atom stereocenters. The number of carbonyl (C=O) groups excluding carboxylic acids is 1. The molecule has 7 nitrogen and oxygen atoms in total. The maximum absolute atomic E-state index is 12.3. The molecule has 1 aromatic heterocycles. The molecule has 1 N–H and O–H groups in total. The summed E-state index contributed by atoms with van der Waals surface area (Å²) in [4.78, 5) is 35.7. The molecule has 0 fully saturated rings. The van der Waals surface area contributed by atoms with Gasteiger partial charge in [0.25, 0.3) is 0 Å². The largest absolute Gasteiger partial charge is 0.354 e. The van der Waals surface area contributed by atoms with E-state index >= 15 is 0 Å². The number of aromatic nitrogens is 3. The van der Waals surface area contributed by atoms with Crippen LogP contribution in [0.5, 0.6) is 0 Å². The van der Waals surface area contributed by atoms with E-state index in [1.807, 2.05) is 6.92 Å². The lowest BCUT2D eigenvalue weighted by atomic mass is 10.0. The Morgan fingerprint density at radius 3 is 2.26 bits per heavy atom. The molecule has 0 unspecified atom stereocenters. The monoisotopic (exact) mass is 286 g/mol. The highest BCUT2D eigenvalue weighted by atomic mass is 32.1. The van der Waals surface area contributed by atoms with Gasteiger partial charge < -0.3 is 0 Å². The first-order chi connectivity index (χ1) is 8.63. The quantitative estimate of drug-likeness (QED) is 0.811. The van der Waals surface area contributed by atoms with Gasteiger partial charge in [0.2, 0.25) is 10.7 Å². The van der Waals surface area contributed by atoms with E-state index in [1.165, 1.54) is 14.0 Å². The first-order valence-electron chi connectivity index (χ1n) is 5.86. The van der Waals surface area contributed by atoms with Crippen molar-refractivity contribution in [1.29, 1.82) is 0 Å². The highest BCUT2D eigenvalue weighted by Gasteiger charge is 2.25. The molecule has 106 valence electrons. The van der Waals surface area contributed by atoms with Crippen molar-refractivity contribution in [3.8, 4) is 0 Å². The molecule has 19 heavy (non-hydrogen) atoms. The van der Waals surface area contributed by atoms with Gasteiger partial charge in [-0.05, 0) is 32.5 Å². The smallest absolute Gasteiger partial charge is 0.274 e. The fourth-order valence-corrected chi connectivity index (χ4v) is 1.78. The molecule has 1 rings (SSSR count). The number of hydrogen-bond acceptors (Lipinski definition) is 4. The van der Waals surface area contributed by atoms with Gasteiger partial charge in [-0.3, -0.25) is 14.8 Å². The van der Waals surface area contributed by atoms with Crippen LogP contribution >= 0.6 is 12.2 Å². The Morgan fingerprint density at radius 1 is 1.32 bits per heavy atom. The number of nitrogens with zero attached hydrogens (tertiary/aromatic N) is 3. The molecule has 0 saturated carbocycles. The third-order valence-corrected chi connectivity index (χ3v) is 3.54. The lowest BCUT2D eigenvalue weighted by Gasteiger charge is -2.26. The Hall–Kier alpha value is -1.70. The van der Waals surface area contributed by atoms with Crippen molar-refractivity contribution in [1.82, 2.24) is 13.8 Å². The van der Waals surface area contributed by atoms with Crippen molar-refractivity contribution in [2.24, 2.45) is 7.05 Å². The second-order valence-electron chi connectivity index (χ2n) is 4.91. The van der Waals surface area contributed by atoms with Crippen LogP contribution in [0.15, 0.2) is 9.59 Å². The van der Waals surface area contributed by atoms with Crippen LogP contribution in [-0.4, -0.2) is 19.7 Å². The van der Waals surface area contributed by atoms with Crippen LogP contribution in [0.1, 0.15) is 34.1 Å². The topological polar surface area (TPSA) is 78.0 Å². The van der Waals surface area contributed by atoms with Gasteiger partial charge in [-0.2, -0.15) is 4.68 Å². The zero-order valence-electron chi connectivity index (χ0n) is 11.7. The van der Waals surface area contributed by atoms with Crippen LogP contribution in [0.4, 0.5) is 0 Å². The molecule has 1 amide bonds. The van der Waals surface area contributed by atoms with Gasteiger partial charge in [0.15, 0.2) is 0 Å². The van der Waals surface area contributed by atoms with Crippen molar-refractivity contribution in [2.75, 3.05) is 5.43 Å². The number of rotatable bonds is 3. The number of hydrogen-bond donors (Lipinski definition) is 1. The normalized spacial score (nSPS) is 11.4. The van der Waals surface area contributed by atoms with Crippen molar-refractivity contribution in [3.05, 3.63) is 25.7 Å². The minimum absolute atomic E-state index is 0.0478. The van der Waals surface area contributed by atoms with Gasteiger partial charge in [-0.1, -0.05) is 6.92 Å². The zero-order valence-corrected chi connectivity index (χ0v) is 12.5. The maximum Gasteiger partial charge on any atom is 0.354 e. The van der Waals surface area contributed by atoms with Gasteiger partial charge in [0, 0.05) is 19.5 Å². The third-order valence-electron chi connectivity index (χ3n) is 3.08. The number of nitrogens with one attached hydrogen (secondary N) is 1. The summed E-state index contributed by atoms with van der Waals surface area (Å²) in [5, 5.41) is 0. The van der Waals surface area contributed by atoms with Crippen molar-refractivity contribution in [3.63, 3.8) is 0 Å². The van der Waals surface area contributed by atoms with E-state index in [-0.39, 0.29) is 4.77 Å². The fraction of sp³-hybridized carbons (Fsp3) is 0.636. The highest BCUT2D eigenvalue weighted by Crippen LogP contribution is 2.14. The molecule has 0 aliphatic carbocycles. The minimum Gasteiger partial charge on any atom is -0.274 e. The van der Waals surface area contributed by atoms with Gasteiger partial charge >= 0.3 is 11.4 Å². The van der Waals surface area contributed by atoms with Gasteiger partial charge in [0.05, 0.1) is 0 Å². The van der Waals surface area contributed by atoms with Crippen LogP contribution in [0.25, 0.3) is 0 Å². The zero-order chi connectivity index (χ0) is 15.0. The molecule has 1 aromatic rings. The summed E-state index contributed by atoms with van der Waals surface area (Å²) in [6, 6.07) is 0. The molecule has 0 saturated heterocycles. The Balaban J connectivity index is 3.82. The molecule has 1 heterocycles. The average Bonchev–Trinajstić information content (AvgIpc) is 2.31. The van der Waals surface area contributed by atoms with Crippen LogP contribution in [-0.2, 0) is 17.4 Å². The first-order valence-corrected chi connectivity index (χ1v) is 6.27. The standard InChI is InChI=1S/C11H18N4O3S/c1-6-11(3,4)14-8(17)13(5)10(19)15(9(14)18)12-7(2)16/h6H2,1-5H3,(H,12,16). The lowest BCUT2D eigenvalue weighted by molar-refractivity contribution is -0.115. The van der Waals surface area contributed by atoms with E-state index in [0.717, 1.165) is 13.8 Å². The number of carbonyl (C=O) groups is 1. The summed E-state index contributed by atoms with van der Waals surface area (Å²) in [6.07, 6.45) is 0.582.